The van der Waals surface area contributed by atoms with Crippen LogP contribution in [-0.4, -0.2) is 41.3 Å². The van der Waals surface area contributed by atoms with Crippen LogP contribution in [0.15, 0.2) is 42.6 Å². The predicted octanol–water partition coefficient (Wildman–Crippen LogP) is 2.97. The van der Waals surface area contributed by atoms with Crippen molar-refractivity contribution in [2.45, 2.75) is 0 Å². The van der Waals surface area contributed by atoms with Gasteiger partial charge in [0.25, 0.3) is 5.91 Å². The highest BCUT2D eigenvalue weighted by atomic mass is 19.1. The average Bonchev–Trinajstić information content (AvgIpc) is 3.38. The maximum atomic E-state index is 13.9. The van der Waals surface area contributed by atoms with E-state index in [-0.39, 0.29) is 12.4 Å². The number of benzene rings is 2. The number of aromatic nitrogens is 3. The van der Waals surface area contributed by atoms with Gasteiger partial charge in [-0.3, -0.25) is 4.79 Å². The Balaban J connectivity index is 1.82. The van der Waals surface area contributed by atoms with Gasteiger partial charge in [0.15, 0.2) is 41.1 Å². The minimum Gasteiger partial charge on any atom is -0.494 e. The van der Waals surface area contributed by atoms with E-state index in [1.807, 2.05) is 0 Å². The number of nitrogens with two attached hydrogens (primary N) is 1. The molecule has 2 aromatic heterocycles. The molecule has 0 saturated heterocycles. The Hall–Kier alpha value is -4.72. The van der Waals surface area contributed by atoms with Crippen LogP contribution in [-0.2, 0) is 4.79 Å². The second kappa shape index (κ2) is 8.80. The third-order valence-electron chi connectivity index (χ3n) is 4.82. The van der Waals surface area contributed by atoms with Crippen molar-refractivity contribution in [1.82, 2.24) is 14.6 Å². The summed E-state index contributed by atoms with van der Waals surface area (Å²) in [7, 11) is 2.85. The lowest BCUT2D eigenvalue weighted by Gasteiger charge is -2.13. The van der Waals surface area contributed by atoms with Crippen LogP contribution >= 0.6 is 0 Å². The maximum absolute atomic E-state index is 13.9. The number of carbonyl (C=O) groups excluding carboxylic acids is 1. The van der Waals surface area contributed by atoms with E-state index in [9.17, 15) is 14.4 Å². The summed E-state index contributed by atoms with van der Waals surface area (Å²) in [5, 5.41) is 16.9. The van der Waals surface area contributed by atoms with E-state index in [1.54, 1.807) is 24.3 Å². The standard InChI is InChI=1S/C22H19FN6O4/c1-31-17-8-14(4-5-15(17)23)27-22-20(28-21-13(9-24)10-26-29(21)22)12-3-6-16(18(7-12)32-2)33-11-19(25)30/h3-8,10,27-28H,11H2,1-2H3,(H2,25,30). The Morgan fingerprint density at radius 1 is 1.21 bits per heavy atom. The van der Waals surface area contributed by atoms with Crippen LogP contribution in [0.4, 0.5) is 15.9 Å². The molecule has 0 aliphatic carbocycles. The number of rotatable bonds is 8. The summed E-state index contributed by atoms with van der Waals surface area (Å²) < 4.78 is 31.2. The number of hydrogen-bond acceptors (Lipinski definition) is 7. The molecule has 0 radical (unpaired) electrons. The van der Waals surface area contributed by atoms with Gasteiger partial charge in [0.2, 0.25) is 0 Å². The summed E-state index contributed by atoms with van der Waals surface area (Å²) in [6.07, 6.45) is 1.44. The van der Waals surface area contributed by atoms with Crippen molar-refractivity contribution >= 4 is 23.1 Å². The second-order valence-electron chi connectivity index (χ2n) is 6.87. The minimum atomic E-state index is -0.614. The molecule has 168 valence electrons. The zero-order valence-corrected chi connectivity index (χ0v) is 17.7. The lowest BCUT2D eigenvalue weighted by atomic mass is 10.1. The number of nitriles is 1. The number of fused-ring (bicyclic) bond motifs is 1. The van der Waals surface area contributed by atoms with Gasteiger partial charge in [0.05, 0.1) is 26.1 Å². The Kier molecular flexibility index (Phi) is 5.73. The molecular formula is C22H19FN6O4. The molecule has 10 nitrogen and oxygen atoms in total. The monoisotopic (exact) mass is 450 g/mol. The number of halogens is 1. The molecule has 33 heavy (non-hydrogen) atoms. The molecule has 2 aromatic carbocycles. The molecule has 2 heterocycles. The van der Waals surface area contributed by atoms with Crippen molar-refractivity contribution in [2.24, 2.45) is 5.73 Å². The molecule has 0 unspecified atom stereocenters. The van der Waals surface area contributed by atoms with Gasteiger partial charge >= 0.3 is 0 Å². The molecule has 4 rings (SSSR count). The molecule has 0 spiro atoms. The van der Waals surface area contributed by atoms with E-state index >= 15 is 0 Å². The maximum Gasteiger partial charge on any atom is 0.255 e. The number of aromatic amines is 1. The van der Waals surface area contributed by atoms with Crippen molar-refractivity contribution in [3.63, 3.8) is 0 Å². The highest BCUT2D eigenvalue weighted by Gasteiger charge is 2.20. The number of hydrogen-bond donors (Lipinski definition) is 3. The van der Waals surface area contributed by atoms with Crippen molar-refractivity contribution in [1.29, 1.82) is 5.26 Å². The highest BCUT2D eigenvalue weighted by molar-refractivity contribution is 5.82. The fraction of sp³-hybridized carbons (Fsp3) is 0.136. The number of imidazole rings is 1. The second-order valence-corrected chi connectivity index (χ2v) is 6.87. The number of nitrogens with zero attached hydrogens (tertiary/aromatic N) is 3. The first-order valence-electron chi connectivity index (χ1n) is 9.65. The van der Waals surface area contributed by atoms with Crippen LogP contribution < -0.4 is 25.3 Å². The summed E-state index contributed by atoms with van der Waals surface area (Å²) in [5.74, 6) is 0.168. The lowest BCUT2D eigenvalue weighted by molar-refractivity contribution is -0.119. The zero-order valence-electron chi connectivity index (χ0n) is 17.7. The van der Waals surface area contributed by atoms with Crippen LogP contribution in [0.5, 0.6) is 17.2 Å². The predicted molar refractivity (Wildman–Crippen MR) is 117 cm³/mol. The lowest BCUT2D eigenvalue weighted by Crippen LogP contribution is -2.20. The molecule has 0 atom stereocenters. The third-order valence-corrected chi connectivity index (χ3v) is 4.82. The van der Waals surface area contributed by atoms with Gasteiger partial charge in [-0.05, 0) is 30.3 Å². The molecule has 1 amide bonds. The van der Waals surface area contributed by atoms with Gasteiger partial charge in [0, 0.05) is 17.3 Å². The van der Waals surface area contributed by atoms with E-state index in [0.29, 0.717) is 45.5 Å². The molecule has 4 N–H and O–H groups in total. The Morgan fingerprint density at radius 3 is 2.70 bits per heavy atom. The largest absolute Gasteiger partial charge is 0.494 e. The van der Waals surface area contributed by atoms with Gasteiger partial charge in [0.1, 0.15) is 11.6 Å². The summed E-state index contributed by atoms with van der Waals surface area (Å²) in [5.41, 5.74) is 7.75. The van der Waals surface area contributed by atoms with Crippen LogP contribution in [0.1, 0.15) is 5.56 Å². The van der Waals surface area contributed by atoms with Gasteiger partial charge in [-0.25, -0.2) is 4.39 Å². The van der Waals surface area contributed by atoms with E-state index in [2.05, 4.69) is 21.5 Å². The van der Waals surface area contributed by atoms with Crippen LogP contribution in [0, 0.1) is 17.1 Å². The minimum absolute atomic E-state index is 0.0733. The van der Waals surface area contributed by atoms with Crippen molar-refractivity contribution in [3.8, 4) is 34.6 Å². The molecule has 0 aliphatic heterocycles. The first-order valence-corrected chi connectivity index (χ1v) is 9.65. The van der Waals surface area contributed by atoms with Gasteiger partial charge in [-0.1, -0.05) is 0 Å². The topological polar surface area (TPSA) is 140 Å². The normalized spacial score (nSPS) is 10.6. The van der Waals surface area contributed by atoms with E-state index in [4.69, 9.17) is 19.9 Å². The van der Waals surface area contributed by atoms with Crippen molar-refractivity contribution in [3.05, 3.63) is 54.0 Å². The fourth-order valence-corrected chi connectivity index (χ4v) is 3.29. The molecule has 0 fully saturated rings. The Labute approximate surface area is 187 Å². The zero-order chi connectivity index (χ0) is 23.5. The molecular weight excluding hydrogens is 431 g/mol. The number of primary amides is 1. The van der Waals surface area contributed by atoms with Gasteiger partial charge < -0.3 is 30.2 Å². The fourth-order valence-electron chi connectivity index (χ4n) is 3.29. The van der Waals surface area contributed by atoms with Crippen LogP contribution in [0.2, 0.25) is 0 Å². The van der Waals surface area contributed by atoms with Gasteiger partial charge in [-0.2, -0.15) is 14.9 Å². The van der Waals surface area contributed by atoms with Gasteiger partial charge in [-0.15, -0.1) is 0 Å². The molecule has 0 bridgehead atoms. The van der Waals surface area contributed by atoms with E-state index in [1.165, 1.54) is 37.1 Å². The van der Waals surface area contributed by atoms with E-state index < -0.39 is 11.7 Å². The quantitative estimate of drug-likeness (QED) is 0.375. The van der Waals surface area contributed by atoms with Crippen molar-refractivity contribution in [2.75, 3.05) is 26.1 Å². The smallest absolute Gasteiger partial charge is 0.255 e. The molecule has 4 aromatic rings. The van der Waals surface area contributed by atoms with E-state index in [0.717, 1.165) is 0 Å². The molecule has 11 heteroatoms. The first kappa shape index (κ1) is 21.5. The number of H-pyrrole nitrogens is 1. The molecule has 0 saturated carbocycles. The van der Waals surface area contributed by atoms with Crippen LogP contribution in [0.3, 0.4) is 0 Å². The number of ether oxygens (including phenoxy) is 3. The van der Waals surface area contributed by atoms with Crippen LogP contribution in [0.25, 0.3) is 16.9 Å². The number of carbonyl (C=O) groups is 1. The summed E-state index contributed by atoms with van der Waals surface area (Å²) >= 11 is 0. The number of amides is 1. The molecule has 0 aliphatic rings. The van der Waals surface area contributed by atoms with Crippen molar-refractivity contribution < 1.29 is 23.4 Å². The first-order chi connectivity index (χ1) is 15.9. The number of anilines is 2. The number of methoxy groups -OCH3 is 2. The average molecular weight is 450 g/mol. The highest BCUT2D eigenvalue weighted by Crippen LogP contribution is 2.37. The summed E-state index contributed by atoms with van der Waals surface area (Å²) in [6, 6.07) is 11.5. The third kappa shape index (κ3) is 4.09. The SMILES string of the molecule is COc1cc(Nc2c(-c3ccc(OCC(N)=O)c(OC)c3)[nH]c3c(C#N)cnn23)ccc1F. The summed E-state index contributed by atoms with van der Waals surface area (Å²) in [6.45, 7) is -0.295. The Bertz CT molecular complexity index is 1390. The summed E-state index contributed by atoms with van der Waals surface area (Å²) in [4.78, 5) is 14.3. The Morgan fingerprint density at radius 2 is 2.00 bits per heavy atom. The number of nitrogens with one attached hydrogen (secondary N) is 2.